The predicted molar refractivity (Wildman–Crippen MR) is 131 cm³/mol. The molecule has 1 amide bonds. The number of H-pyrrole nitrogens is 2. The number of hydrogen-bond donors (Lipinski definition) is 3. The Kier molecular flexibility index (Phi) is 6.43. The highest BCUT2D eigenvalue weighted by Gasteiger charge is 2.23. The van der Waals surface area contributed by atoms with Gasteiger partial charge in [-0.1, -0.05) is 18.2 Å². The van der Waals surface area contributed by atoms with Crippen LogP contribution in [0.3, 0.4) is 0 Å². The largest absolute Gasteiger partial charge is 0.449 e. The number of nitrogens with one attached hydrogen (secondary N) is 3. The average molecular weight is 495 g/mol. The minimum absolute atomic E-state index is 0.0430. The molecule has 0 saturated carbocycles. The van der Waals surface area contributed by atoms with Crippen LogP contribution >= 0.6 is 0 Å². The Bertz CT molecular complexity index is 1540. The molecule has 1 heterocycles. The van der Waals surface area contributed by atoms with Crippen molar-refractivity contribution in [3.8, 4) is 0 Å². The topological polar surface area (TPSA) is 141 Å². The molecule has 4 rings (SSSR count). The number of hydrogen-bond acceptors (Lipinski definition) is 6. The lowest BCUT2D eigenvalue weighted by Gasteiger charge is -2.21. The number of carbonyl (C=O) groups excluding carboxylic acids is 2. The molecule has 0 aliphatic rings. The SMILES string of the molecule is CC(OC(=O)c1ccc(NS(=O)(=O)c2ccc3[nH]c(=O)[nH]c3c2)cc1)C(=O)N(C)c1ccccc1. The third-order valence-corrected chi connectivity index (χ3v) is 6.66. The molecule has 0 aliphatic heterocycles. The zero-order valence-electron chi connectivity index (χ0n) is 18.8. The first-order valence-corrected chi connectivity index (χ1v) is 12.0. The van der Waals surface area contributed by atoms with Gasteiger partial charge < -0.3 is 19.6 Å². The molecule has 35 heavy (non-hydrogen) atoms. The molecule has 3 aromatic carbocycles. The molecule has 1 atom stereocenters. The van der Waals surface area contributed by atoms with Crippen molar-refractivity contribution < 1.29 is 22.7 Å². The highest BCUT2D eigenvalue weighted by atomic mass is 32.2. The number of para-hydroxylation sites is 1. The number of nitrogens with zero attached hydrogens (tertiary/aromatic N) is 1. The summed E-state index contributed by atoms with van der Waals surface area (Å²) >= 11 is 0. The van der Waals surface area contributed by atoms with Gasteiger partial charge in [0.15, 0.2) is 6.10 Å². The lowest BCUT2D eigenvalue weighted by atomic mass is 10.2. The third-order valence-electron chi connectivity index (χ3n) is 5.28. The van der Waals surface area contributed by atoms with Crippen molar-refractivity contribution >= 4 is 44.3 Å². The first-order valence-electron chi connectivity index (χ1n) is 10.5. The van der Waals surface area contributed by atoms with Gasteiger partial charge in [0.2, 0.25) is 0 Å². The summed E-state index contributed by atoms with van der Waals surface area (Å²) in [6.07, 6.45) is -1.03. The molecule has 0 aliphatic carbocycles. The Labute approximate surface area is 200 Å². The van der Waals surface area contributed by atoms with Gasteiger partial charge in [0.05, 0.1) is 21.5 Å². The second kappa shape index (κ2) is 9.47. The van der Waals surface area contributed by atoms with E-state index in [1.807, 2.05) is 6.07 Å². The third kappa shape index (κ3) is 5.25. The zero-order chi connectivity index (χ0) is 25.2. The number of imidazole rings is 1. The molecule has 11 heteroatoms. The maximum atomic E-state index is 12.7. The van der Waals surface area contributed by atoms with Gasteiger partial charge in [-0.25, -0.2) is 18.0 Å². The maximum absolute atomic E-state index is 12.7. The fourth-order valence-electron chi connectivity index (χ4n) is 3.40. The van der Waals surface area contributed by atoms with Crippen LogP contribution in [0, 0.1) is 0 Å². The van der Waals surface area contributed by atoms with E-state index < -0.39 is 33.7 Å². The van der Waals surface area contributed by atoms with Crippen molar-refractivity contribution in [2.24, 2.45) is 0 Å². The van der Waals surface area contributed by atoms with Gasteiger partial charge in [-0.3, -0.25) is 9.52 Å². The Balaban J connectivity index is 1.41. The van der Waals surface area contributed by atoms with E-state index in [-0.39, 0.29) is 16.1 Å². The van der Waals surface area contributed by atoms with Crippen molar-refractivity contribution in [1.29, 1.82) is 0 Å². The first-order chi connectivity index (χ1) is 16.6. The number of sulfonamides is 1. The number of esters is 1. The van der Waals surface area contributed by atoms with Crippen LogP contribution in [0.2, 0.25) is 0 Å². The number of aromatic amines is 2. The van der Waals surface area contributed by atoms with Crippen LogP contribution in [0.4, 0.5) is 11.4 Å². The molecule has 0 bridgehead atoms. The summed E-state index contributed by atoms with van der Waals surface area (Å²) in [4.78, 5) is 42.9. The van der Waals surface area contributed by atoms with Crippen LogP contribution in [0.1, 0.15) is 17.3 Å². The number of rotatable bonds is 7. The lowest BCUT2D eigenvalue weighted by Crippen LogP contribution is -2.37. The van der Waals surface area contributed by atoms with E-state index in [1.54, 1.807) is 31.3 Å². The molecule has 4 aromatic rings. The van der Waals surface area contributed by atoms with Gasteiger partial charge >= 0.3 is 11.7 Å². The Morgan fingerprint density at radius 2 is 1.60 bits per heavy atom. The second-order valence-corrected chi connectivity index (χ2v) is 9.43. The fourth-order valence-corrected chi connectivity index (χ4v) is 4.48. The van der Waals surface area contributed by atoms with E-state index in [0.29, 0.717) is 16.7 Å². The molecule has 1 aromatic heterocycles. The Morgan fingerprint density at radius 1 is 0.943 bits per heavy atom. The van der Waals surface area contributed by atoms with Crippen molar-refractivity contribution in [2.45, 2.75) is 17.9 Å². The van der Waals surface area contributed by atoms with Crippen molar-refractivity contribution in [3.63, 3.8) is 0 Å². The Hall–Kier alpha value is -4.38. The summed E-state index contributed by atoms with van der Waals surface area (Å²) in [7, 11) is -2.36. The number of carbonyl (C=O) groups is 2. The standard InChI is InChI=1S/C24H22N4O6S/c1-15(22(29)28(2)18-6-4-3-5-7-18)34-23(30)16-8-10-17(11-9-16)27-35(32,33)19-12-13-20-21(14-19)26-24(31)25-20/h3-15,27H,1-2H3,(H2,25,26,31). The minimum atomic E-state index is -3.95. The molecule has 180 valence electrons. The van der Waals surface area contributed by atoms with Gasteiger partial charge in [0.1, 0.15) is 0 Å². The highest BCUT2D eigenvalue weighted by Crippen LogP contribution is 2.20. The van der Waals surface area contributed by atoms with Crippen molar-refractivity contribution in [2.75, 3.05) is 16.7 Å². The molecule has 10 nitrogen and oxygen atoms in total. The van der Waals surface area contributed by atoms with Gasteiger partial charge in [-0.15, -0.1) is 0 Å². The van der Waals surface area contributed by atoms with Crippen LogP contribution in [0.15, 0.2) is 82.5 Å². The number of amides is 1. The van der Waals surface area contributed by atoms with E-state index in [0.717, 1.165) is 0 Å². The number of likely N-dealkylation sites (N-methyl/N-ethyl adjacent to an activating group) is 1. The van der Waals surface area contributed by atoms with Crippen LogP contribution in [-0.2, 0) is 19.6 Å². The van der Waals surface area contributed by atoms with E-state index in [1.165, 1.54) is 54.3 Å². The first kappa shape index (κ1) is 23.8. The molecule has 0 radical (unpaired) electrons. The summed E-state index contributed by atoms with van der Waals surface area (Å²) in [6.45, 7) is 1.48. The monoisotopic (exact) mass is 494 g/mol. The zero-order valence-corrected chi connectivity index (χ0v) is 19.6. The summed E-state index contributed by atoms with van der Waals surface area (Å²) in [6, 6.07) is 18.8. The minimum Gasteiger partial charge on any atom is -0.449 e. The average Bonchev–Trinajstić information content (AvgIpc) is 3.23. The van der Waals surface area contributed by atoms with Gasteiger partial charge in [0.25, 0.3) is 15.9 Å². The van der Waals surface area contributed by atoms with E-state index in [4.69, 9.17) is 4.74 Å². The summed E-state index contributed by atoms with van der Waals surface area (Å²) < 4.78 is 33.2. The summed E-state index contributed by atoms with van der Waals surface area (Å²) in [5, 5.41) is 0. The molecule has 3 N–H and O–H groups in total. The van der Waals surface area contributed by atoms with E-state index in [2.05, 4.69) is 14.7 Å². The highest BCUT2D eigenvalue weighted by molar-refractivity contribution is 7.92. The van der Waals surface area contributed by atoms with Crippen molar-refractivity contribution in [3.05, 3.63) is 88.8 Å². The fraction of sp³-hybridized carbons (Fsp3) is 0.125. The molecular formula is C24H22N4O6S. The quantitative estimate of drug-likeness (QED) is 0.337. The van der Waals surface area contributed by atoms with Gasteiger partial charge in [0, 0.05) is 18.4 Å². The molecule has 0 saturated heterocycles. The molecule has 0 fully saturated rings. The van der Waals surface area contributed by atoms with Crippen LogP contribution in [-0.4, -0.2) is 43.4 Å². The molecule has 1 unspecified atom stereocenters. The predicted octanol–water partition coefficient (Wildman–Crippen LogP) is 2.87. The number of ether oxygens (including phenoxy) is 1. The van der Waals surface area contributed by atoms with E-state index >= 15 is 0 Å². The van der Waals surface area contributed by atoms with Gasteiger partial charge in [-0.05, 0) is 61.5 Å². The second-order valence-electron chi connectivity index (χ2n) is 7.75. The Morgan fingerprint density at radius 3 is 2.29 bits per heavy atom. The van der Waals surface area contributed by atoms with Crippen LogP contribution < -0.4 is 15.3 Å². The summed E-state index contributed by atoms with van der Waals surface area (Å²) in [5.41, 5.74) is 1.45. The van der Waals surface area contributed by atoms with Crippen LogP contribution in [0.25, 0.3) is 11.0 Å². The number of benzene rings is 3. The summed E-state index contributed by atoms with van der Waals surface area (Å²) in [5.74, 6) is -1.11. The smallest absolute Gasteiger partial charge is 0.338 e. The van der Waals surface area contributed by atoms with Crippen molar-refractivity contribution in [1.82, 2.24) is 9.97 Å². The molecular weight excluding hydrogens is 472 g/mol. The number of anilines is 2. The number of aromatic nitrogens is 2. The van der Waals surface area contributed by atoms with Crippen LogP contribution in [0.5, 0.6) is 0 Å². The van der Waals surface area contributed by atoms with Gasteiger partial charge in [-0.2, -0.15) is 0 Å². The maximum Gasteiger partial charge on any atom is 0.338 e. The lowest BCUT2D eigenvalue weighted by molar-refractivity contribution is -0.126. The van der Waals surface area contributed by atoms with E-state index in [9.17, 15) is 22.8 Å². The number of fused-ring (bicyclic) bond motifs is 1. The molecule has 0 spiro atoms. The normalized spacial score (nSPS) is 12.2.